The summed E-state index contributed by atoms with van der Waals surface area (Å²) in [6.45, 7) is 6.77. The summed E-state index contributed by atoms with van der Waals surface area (Å²) >= 11 is 0. The Labute approximate surface area is 261 Å². The van der Waals surface area contributed by atoms with E-state index >= 15 is 0 Å². The van der Waals surface area contributed by atoms with Crippen molar-refractivity contribution in [2.24, 2.45) is 5.92 Å². The minimum Gasteiger partial charge on any atom is -0.464 e. The van der Waals surface area contributed by atoms with Gasteiger partial charge in [0.25, 0.3) is 0 Å². The lowest BCUT2D eigenvalue weighted by Crippen LogP contribution is -2.39. The number of halogens is 1. The van der Waals surface area contributed by atoms with Gasteiger partial charge in [0.05, 0.1) is 13.2 Å². The molecule has 238 valence electrons. The molecule has 0 fully saturated rings. The molecule has 0 unspecified atom stereocenters. The SMILES string of the molecule is COC[C@@H](F)CN(CCCCc1ccc2c(n1)NCCC2)CC[C@H](Nc1ccnc(-c2ccccc2)n1)C(=O)OCC(C)C. The summed E-state index contributed by atoms with van der Waals surface area (Å²) in [5.41, 5.74) is 3.24. The van der Waals surface area contributed by atoms with Crippen LogP contribution in [0.3, 0.4) is 0 Å². The van der Waals surface area contributed by atoms with Crippen LogP contribution >= 0.6 is 0 Å². The number of carbonyl (C=O) groups excluding carboxylic acids is 1. The maximum atomic E-state index is 14.7. The number of esters is 1. The van der Waals surface area contributed by atoms with Crippen molar-refractivity contribution < 1.29 is 18.7 Å². The fourth-order valence-electron chi connectivity index (χ4n) is 5.21. The number of rotatable bonds is 18. The number of alkyl halides is 1. The number of carbonyl (C=O) groups is 1. The Morgan fingerprint density at radius 1 is 1.07 bits per heavy atom. The van der Waals surface area contributed by atoms with Crippen LogP contribution in [0.15, 0.2) is 54.7 Å². The first-order valence-corrected chi connectivity index (χ1v) is 15.8. The molecule has 0 spiro atoms. The minimum atomic E-state index is -1.12. The lowest BCUT2D eigenvalue weighted by molar-refractivity contribution is -0.145. The Hall–Kier alpha value is -3.63. The second-order valence-corrected chi connectivity index (χ2v) is 11.8. The van der Waals surface area contributed by atoms with Gasteiger partial charge in [-0.25, -0.2) is 24.1 Å². The molecule has 10 heteroatoms. The van der Waals surface area contributed by atoms with Gasteiger partial charge >= 0.3 is 5.97 Å². The first-order valence-electron chi connectivity index (χ1n) is 15.8. The van der Waals surface area contributed by atoms with E-state index in [4.69, 9.17) is 14.5 Å². The van der Waals surface area contributed by atoms with E-state index < -0.39 is 12.2 Å². The van der Waals surface area contributed by atoms with Crippen LogP contribution in [0.5, 0.6) is 0 Å². The Morgan fingerprint density at radius 3 is 2.70 bits per heavy atom. The molecule has 0 saturated carbocycles. The molecule has 3 aromatic rings. The molecule has 44 heavy (non-hydrogen) atoms. The molecular weight excluding hydrogens is 559 g/mol. The Kier molecular flexibility index (Phi) is 13.3. The number of aryl methyl sites for hydroxylation is 2. The first kappa shape index (κ1) is 33.3. The van der Waals surface area contributed by atoms with Gasteiger partial charge in [-0.1, -0.05) is 50.2 Å². The number of aromatic nitrogens is 3. The topological polar surface area (TPSA) is 102 Å². The predicted molar refractivity (Wildman–Crippen MR) is 172 cm³/mol. The van der Waals surface area contributed by atoms with E-state index in [1.807, 2.05) is 44.2 Å². The maximum Gasteiger partial charge on any atom is 0.328 e. The van der Waals surface area contributed by atoms with Crippen LogP contribution in [-0.4, -0.2) is 84.5 Å². The minimum absolute atomic E-state index is 0.0316. The van der Waals surface area contributed by atoms with Crippen LogP contribution in [0.2, 0.25) is 0 Å². The zero-order chi connectivity index (χ0) is 31.1. The normalized spacial score (nSPS) is 14.1. The fourth-order valence-corrected chi connectivity index (χ4v) is 5.21. The average molecular weight is 607 g/mol. The highest BCUT2D eigenvalue weighted by atomic mass is 19.1. The van der Waals surface area contributed by atoms with Crippen molar-refractivity contribution in [3.05, 3.63) is 66.0 Å². The molecule has 4 rings (SSSR count). The van der Waals surface area contributed by atoms with Crippen LogP contribution < -0.4 is 10.6 Å². The van der Waals surface area contributed by atoms with Gasteiger partial charge in [0.15, 0.2) is 5.82 Å². The average Bonchev–Trinajstić information content (AvgIpc) is 3.04. The van der Waals surface area contributed by atoms with Crippen molar-refractivity contribution >= 4 is 17.6 Å². The quantitative estimate of drug-likeness (QED) is 0.142. The molecule has 9 nitrogen and oxygen atoms in total. The lowest BCUT2D eigenvalue weighted by Gasteiger charge is -2.26. The third-order valence-electron chi connectivity index (χ3n) is 7.50. The van der Waals surface area contributed by atoms with E-state index in [1.165, 1.54) is 12.7 Å². The number of hydrogen-bond donors (Lipinski definition) is 2. The molecule has 0 bridgehead atoms. The van der Waals surface area contributed by atoms with Crippen molar-refractivity contribution in [2.45, 2.75) is 64.6 Å². The van der Waals surface area contributed by atoms with Crippen molar-refractivity contribution in [3.63, 3.8) is 0 Å². The zero-order valence-corrected chi connectivity index (χ0v) is 26.3. The highest BCUT2D eigenvalue weighted by molar-refractivity contribution is 5.79. The van der Waals surface area contributed by atoms with Crippen LogP contribution in [0.25, 0.3) is 11.4 Å². The van der Waals surface area contributed by atoms with Crippen molar-refractivity contribution in [3.8, 4) is 11.4 Å². The number of benzene rings is 1. The number of ether oxygens (including phenoxy) is 2. The summed E-state index contributed by atoms with van der Waals surface area (Å²) in [5, 5.41) is 6.68. The third kappa shape index (κ3) is 10.8. The smallest absolute Gasteiger partial charge is 0.328 e. The Morgan fingerprint density at radius 2 is 1.91 bits per heavy atom. The molecule has 1 aromatic carbocycles. The number of hydrogen-bond acceptors (Lipinski definition) is 9. The highest BCUT2D eigenvalue weighted by Crippen LogP contribution is 2.21. The second kappa shape index (κ2) is 17.6. The summed E-state index contributed by atoms with van der Waals surface area (Å²) in [6.07, 6.45) is 5.88. The molecule has 0 aliphatic carbocycles. The van der Waals surface area contributed by atoms with Gasteiger partial charge in [0, 0.05) is 44.2 Å². The number of nitrogens with zero attached hydrogens (tertiary/aromatic N) is 4. The highest BCUT2D eigenvalue weighted by Gasteiger charge is 2.23. The van der Waals surface area contributed by atoms with Crippen LogP contribution in [0.1, 0.15) is 50.8 Å². The first-order chi connectivity index (χ1) is 21.4. The monoisotopic (exact) mass is 606 g/mol. The van der Waals surface area contributed by atoms with Crippen molar-refractivity contribution in [1.82, 2.24) is 19.9 Å². The van der Waals surface area contributed by atoms with Gasteiger partial charge in [-0.15, -0.1) is 0 Å². The van der Waals surface area contributed by atoms with E-state index in [-0.39, 0.29) is 25.0 Å². The number of nitrogens with one attached hydrogen (secondary N) is 2. The van der Waals surface area contributed by atoms with Crippen LogP contribution in [-0.2, 0) is 27.1 Å². The van der Waals surface area contributed by atoms with Crippen molar-refractivity contribution in [2.75, 3.05) is 57.1 Å². The number of unbranched alkanes of at least 4 members (excludes halogenated alkanes) is 1. The molecule has 1 aliphatic rings. The van der Waals surface area contributed by atoms with Crippen molar-refractivity contribution in [1.29, 1.82) is 0 Å². The molecule has 0 saturated heterocycles. The third-order valence-corrected chi connectivity index (χ3v) is 7.50. The summed E-state index contributed by atoms with van der Waals surface area (Å²) in [7, 11) is 1.51. The second-order valence-electron chi connectivity index (χ2n) is 11.8. The van der Waals surface area contributed by atoms with E-state index in [0.717, 1.165) is 55.7 Å². The zero-order valence-electron chi connectivity index (χ0n) is 26.3. The molecule has 0 amide bonds. The number of pyridine rings is 1. The molecule has 2 N–H and O–H groups in total. The Bertz CT molecular complexity index is 1300. The van der Waals surface area contributed by atoms with Crippen LogP contribution in [0.4, 0.5) is 16.0 Å². The van der Waals surface area contributed by atoms with E-state index in [1.54, 1.807) is 12.3 Å². The standard InChI is InChI=1S/C34H47FN6O3/c1-25(2)23-44-34(42)30(39-31-16-19-37-33(40-31)26-10-5-4-6-11-26)17-21-41(22-28(35)24-43-3)20-8-7-13-29-15-14-27-12-9-18-36-32(27)38-29/h4-6,10-11,14-16,19,25,28,30H,7-9,12-13,17-18,20-24H2,1-3H3,(H,36,38)(H,37,39,40)/t28-,30-/m0/s1. The lowest BCUT2D eigenvalue weighted by atomic mass is 10.1. The van der Waals surface area contributed by atoms with Gasteiger partial charge in [0.1, 0.15) is 23.8 Å². The van der Waals surface area contributed by atoms with Gasteiger partial charge in [0.2, 0.25) is 0 Å². The maximum absolute atomic E-state index is 14.7. The molecule has 3 heterocycles. The number of fused-ring (bicyclic) bond motifs is 1. The van der Waals surface area contributed by atoms with Gasteiger partial charge in [-0.05, 0) is 68.7 Å². The molecule has 2 atom stereocenters. The predicted octanol–water partition coefficient (Wildman–Crippen LogP) is 5.58. The summed E-state index contributed by atoms with van der Waals surface area (Å²) in [4.78, 5) is 29.1. The number of anilines is 2. The van der Waals surface area contributed by atoms with E-state index in [2.05, 4.69) is 37.6 Å². The van der Waals surface area contributed by atoms with Gasteiger partial charge < -0.3 is 25.0 Å². The molecule has 2 aromatic heterocycles. The summed E-state index contributed by atoms with van der Waals surface area (Å²) in [6, 6.07) is 15.1. The van der Waals surface area contributed by atoms with Gasteiger partial charge in [-0.2, -0.15) is 0 Å². The van der Waals surface area contributed by atoms with Crippen LogP contribution in [0, 0.1) is 5.92 Å². The molecule has 0 radical (unpaired) electrons. The summed E-state index contributed by atoms with van der Waals surface area (Å²) < 4.78 is 25.4. The van der Waals surface area contributed by atoms with E-state index in [9.17, 15) is 9.18 Å². The number of methoxy groups -OCH3 is 1. The largest absolute Gasteiger partial charge is 0.464 e. The molecule has 1 aliphatic heterocycles. The summed E-state index contributed by atoms with van der Waals surface area (Å²) in [5.74, 6) is 1.97. The molecular formula is C34H47FN6O3. The van der Waals surface area contributed by atoms with Gasteiger partial charge in [-0.3, -0.25) is 0 Å². The fraction of sp³-hybridized carbons (Fsp3) is 0.529. The Balaban J connectivity index is 1.38. The van der Waals surface area contributed by atoms with E-state index in [0.29, 0.717) is 37.8 Å².